The lowest BCUT2D eigenvalue weighted by molar-refractivity contribution is -0.137. The van der Waals surface area contributed by atoms with Gasteiger partial charge in [0, 0.05) is 13.0 Å². The Balaban J connectivity index is 2.03. The molecule has 1 aromatic rings. The second-order valence-electron chi connectivity index (χ2n) is 3.63. The van der Waals surface area contributed by atoms with Gasteiger partial charge in [0.2, 0.25) is 0 Å². The van der Waals surface area contributed by atoms with Crippen LogP contribution >= 0.6 is 0 Å². The van der Waals surface area contributed by atoms with E-state index in [2.05, 4.69) is 5.32 Å². The number of aliphatic hydroxyl groups excluding tert-OH is 1. The zero-order chi connectivity index (χ0) is 11.5. The van der Waals surface area contributed by atoms with E-state index in [-0.39, 0.29) is 5.82 Å². The smallest absolute Gasteiger partial charge is 0.252 e. The summed E-state index contributed by atoms with van der Waals surface area (Å²) in [6.07, 6.45) is -1.21. The van der Waals surface area contributed by atoms with Crippen LogP contribution in [0.4, 0.5) is 4.39 Å². The third-order valence-electron chi connectivity index (χ3n) is 2.45. The highest BCUT2D eigenvalue weighted by molar-refractivity contribution is 5.81. The zero-order valence-electron chi connectivity index (χ0n) is 8.52. The van der Waals surface area contributed by atoms with Gasteiger partial charge in [-0.05, 0) is 24.3 Å². The number of aliphatic hydroxyl groups is 1. The highest BCUT2D eigenvalue weighted by atomic mass is 19.1. The third kappa shape index (κ3) is 2.30. The molecule has 5 heteroatoms. The molecule has 1 heterocycles. The molecule has 1 saturated heterocycles. The molecule has 16 heavy (non-hydrogen) atoms. The number of carbonyl (C=O) groups excluding carboxylic acids is 1. The molecule has 1 aromatic carbocycles. The maximum absolute atomic E-state index is 12.6. The standard InChI is InChI=1S/C11H12FNO3/c12-7-1-3-8(4-2-7)16-9-5-6-13-11(15)10(9)14/h1-4,9-10,14H,5-6H2,(H,13,15)/t9-,10+/m1/s1. The number of amides is 1. The molecule has 0 aromatic heterocycles. The molecule has 86 valence electrons. The van der Waals surface area contributed by atoms with Crippen molar-refractivity contribution in [2.75, 3.05) is 6.54 Å². The third-order valence-corrected chi connectivity index (χ3v) is 2.45. The first kappa shape index (κ1) is 10.9. The second-order valence-corrected chi connectivity index (χ2v) is 3.63. The van der Waals surface area contributed by atoms with E-state index in [1.807, 2.05) is 0 Å². The first-order valence-electron chi connectivity index (χ1n) is 5.05. The summed E-state index contributed by atoms with van der Waals surface area (Å²) in [5, 5.41) is 12.1. The van der Waals surface area contributed by atoms with Crippen molar-refractivity contribution < 1.29 is 19.0 Å². The first-order chi connectivity index (χ1) is 7.66. The zero-order valence-corrected chi connectivity index (χ0v) is 8.52. The van der Waals surface area contributed by atoms with Crippen molar-refractivity contribution in [3.63, 3.8) is 0 Å². The van der Waals surface area contributed by atoms with Crippen molar-refractivity contribution >= 4 is 5.91 Å². The van der Waals surface area contributed by atoms with Crippen LogP contribution in [0.2, 0.25) is 0 Å². The minimum Gasteiger partial charge on any atom is -0.487 e. The molecule has 0 radical (unpaired) electrons. The van der Waals surface area contributed by atoms with Gasteiger partial charge in [0.1, 0.15) is 17.7 Å². The second kappa shape index (κ2) is 4.49. The molecule has 1 amide bonds. The largest absolute Gasteiger partial charge is 0.487 e. The van der Waals surface area contributed by atoms with Crippen LogP contribution in [0.15, 0.2) is 24.3 Å². The fourth-order valence-corrected chi connectivity index (χ4v) is 1.58. The Labute approximate surface area is 92.0 Å². The fourth-order valence-electron chi connectivity index (χ4n) is 1.58. The van der Waals surface area contributed by atoms with Crippen LogP contribution in [0.3, 0.4) is 0 Å². The van der Waals surface area contributed by atoms with Crippen LogP contribution in [0, 0.1) is 5.82 Å². The van der Waals surface area contributed by atoms with Gasteiger partial charge in [0.15, 0.2) is 6.10 Å². The van der Waals surface area contributed by atoms with Gasteiger partial charge in [-0.15, -0.1) is 0 Å². The molecular formula is C11H12FNO3. The number of piperidine rings is 1. The van der Waals surface area contributed by atoms with E-state index in [4.69, 9.17) is 4.74 Å². The molecule has 0 spiro atoms. The minimum absolute atomic E-state index is 0.353. The van der Waals surface area contributed by atoms with E-state index in [1.54, 1.807) is 0 Å². The van der Waals surface area contributed by atoms with E-state index < -0.39 is 18.1 Å². The van der Waals surface area contributed by atoms with Crippen LogP contribution in [-0.2, 0) is 4.79 Å². The number of rotatable bonds is 2. The van der Waals surface area contributed by atoms with E-state index in [0.717, 1.165) is 0 Å². The molecular weight excluding hydrogens is 213 g/mol. The van der Waals surface area contributed by atoms with Gasteiger partial charge in [-0.2, -0.15) is 0 Å². The summed E-state index contributed by atoms with van der Waals surface area (Å²) >= 11 is 0. The first-order valence-corrected chi connectivity index (χ1v) is 5.05. The summed E-state index contributed by atoms with van der Waals surface area (Å²) in [6.45, 7) is 0.474. The summed E-state index contributed by atoms with van der Waals surface area (Å²) in [5.41, 5.74) is 0. The summed E-state index contributed by atoms with van der Waals surface area (Å²) in [7, 11) is 0. The van der Waals surface area contributed by atoms with Crippen LogP contribution in [-0.4, -0.2) is 29.8 Å². The number of nitrogens with one attached hydrogen (secondary N) is 1. The molecule has 4 nitrogen and oxygen atoms in total. The predicted octanol–water partition coefficient (Wildman–Crippen LogP) is 0.454. The molecule has 0 bridgehead atoms. The minimum atomic E-state index is -1.17. The SMILES string of the molecule is O=C1NCC[C@@H](Oc2ccc(F)cc2)[C@@H]1O. The Hall–Kier alpha value is -1.62. The highest BCUT2D eigenvalue weighted by Crippen LogP contribution is 2.17. The van der Waals surface area contributed by atoms with Crippen molar-refractivity contribution in [2.24, 2.45) is 0 Å². The molecule has 1 aliphatic rings. The monoisotopic (exact) mass is 225 g/mol. The van der Waals surface area contributed by atoms with Gasteiger partial charge >= 0.3 is 0 Å². The molecule has 2 rings (SSSR count). The van der Waals surface area contributed by atoms with Gasteiger partial charge < -0.3 is 15.2 Å². The van der Waals surface area contributed by atoms with Crippen molar-refractivity contribution in [3.8, 4) is 5.75 Å². The molecule has 0 unspecified atom stereocenters. The maximum Gasteiger partial charge on any atom is 0.252 e. The van der Waals surface area contributed by atoms with E-state index >= 15 is 0 Å². The lowest BCUT2D eigenvalue weighted by Crippen LogP contribution is -2.51. The summed E-state index contributed by atoms with van der Waals surface area (Å²) < 4.78 is 18.1. The summed E-state index contributed by atoms with van der Waals surface area (Å²) in [6, 6.07) is 5.47. The molecule has 1 aliphatic heterocycles. The van der Waals surface area contributed by atoms with E-state index in [0.29, 0.717) is 18.7 Å². The van der Waals surface area contributed by atoms with Gasteiger partial charge in [-0.1, -0.05) is 0 Å². The lowest BCUT2D eigenvalue weighted by Gasteiger charge is -2.27. The van der Waals surface area contributed by atoms with Crippen molar-refractivity contribution in [3.05, 3.63) is 30.1 Å². The van der Waals surface area contributed by atoms with E-state index in [1.165, 1.54) is 24.3 Å². The number of hydrogen-bond donors (Lipinski definition) is 2. The van der Waals surface area contributed by atoms with Crippen LogP contribution in [0.1, 0.15) is 6.42 Å². The molecule has 1 fully saturated rings. The Kier molecular flexibility index (Phi) is 3.05. The Morgan fingerprint density at radius 2 is 2.06 bits per heavy atom. The predicted molar refractivity (Wildman–Crippen MR) is 54.4 cm³/mol. The Morgan fingerprint density at radius 3 is 2.75 bits per heavy atom. The highest BCUT2D eigenvalue weighted by Gasteiger charge is 2.31. The molecule has 2 atom stereocenters. The molecule has 0 saturated carbocycles. The van der Waals surface area contributed by atoms with Crippen LogP contribution in [0.25, 0.3) is 0 Å². The maximum atomic E-state index is 12.6. The quantitative estimate of drug-likeness (QED) is 0.768. The average Bonchev–Trinajstić information content (AvgIpc) is 2.28. The topological polar surface area (TPSA) is 58.6 Å². The number of halogens is 1. The summed E-state index contributed by atoms with van der Waals surface area (Å²) in [5.74, 6) is -0.340. The summed E-state index contributed by atoms with van der Waals surface area (Å²) in [4.78, 5) is 11.1. The number of carbonyl (C=O) groups is 1. The van der Waals surface area contributed by atoms with Gasteiger partial charge in [-0.3, -0.25) is 4.79 Å². The lowest BCUT2D eigenvalue weighted by atomic mass is 10.1. The molecule has 0 aliphatic carbocycles. The van der Waals surface area contributed by atoms with Crippen molar-refractivity contribution in [1.82, 2.24) is 5.32 Å². The normalized spacial score (nSPS) is 25.0. The van der Waals surface area contributed by atoms with Crippen LogP contribution in [0.5, 0.6) is 5.75 Å². The van der Waals surface area contributed by atoms with E-state index in [9.17, 15) is 14.3 Å². The molecule has 2 N–H and O–H groups in total. The van der Waals surface area contributed by atoms with Gasteiger partial charge in [0.25, 0.3) is 5.91 Å². The fraction of sp³-hybridized carbons (Fsp3) is 0.364. The van der Waals surface area contributed by atoms with Gasteiger partial charge in [0.05, 0.1) is 0 Å². The number of benzene rings is 1. The Bertz CT molecular complexity index is 379. The van der Waals surface area contributed by atoms with Gasteiger partial charge in [-0.25, -0.2) is 4.39 Å². The van der Waals surface area contributed by atoms with Crippen molar-refractivity contribution in [2.45, 2.75) is 18.6 Å². The van der Waals surface area contributed by atoms with Crippen molar-refractivity contribution in [1.29, 1.82) is 0 Å². The van der Waals surface area contributed by atoms with Crippen LogP contribution < -0.4 is 10.1 Å². The number of hydrogen-bond acceptors (Lipinski definition) is 3. The number of ether oxygens (including phenoxy) is 1. The average molecular weight is 225 g/mol. The Morgan fingerprint density at radius 1 is 1.38 bits per heavy atom.